The van der Waals surface area contributed by atoms with Gasteiger partial charge in [-0.15, -0.1) is 0 Å². The van der Waals surface area contributed by atoms with Gasteiger partial charge >= 0.3 is 6.03 Å². The molecule has 0 spiro atoms. The van der Waals surface area contributed by atoms with Crippen LogP contribution in [0.4, 0.5) is 4.79 Å². The first-order valence-corrected chi connectivity index (χ1v) is 8.27. The van der Waals surface area contributed by atoms with E-state index in [1.54, 1.807) is 0 Å². The van der Waals surface area contributed by atoms with Gasteiger partial charge in [-0.2, -0.15) is 0 Å². The van der Waals surface area contributed by atoms with Crippen LogP contribution >= 0.6 is 0 Å². The van der Waals surface area contributed by atoms with Crippen LogP contribution in [0.5, 0.6) is 11.5 Å². The van der Waals surface area contributed by atoms with Crippen LogP contribution in [0.3, 0.4) is 0 Å². The average molecular weight is 342 g/mol. The fourth-order valence-corrected chi connectivity index (χ4v) is 2.89. The number of aryl methyl sites for hydroxylation is 1. The monoisotopic (exact) mass is 342 g/mol. The molecule has 3 N–H and O–H groups in total. The van der Waals surface area contributed by atoms with E-state index in [0.29, 0.717) is 5.06 Å². The number of carbonyl (C=O) groups excluding carboxylic acids is 1. The number of benzene rings is 2. The summed E-state index contributed by atoms with van der Waals surface area (Å²) in [6.07, 6.45) is 1.24. The molecule has 2 amide bonds. The average Bonchev–Trinajstić information content (AvgIpc) is 3.06. The standard InChI is InChI=1S/C19H22N2O4/c1-13-5-7-15(8-6-13)24-16-4-2-3-14(11-16)18-10-9-17(25-18)12-21(23)19(20)22/h2-8,11,17-18,23H,9-10,12H2,1H3,(H2,20,22)/t17-,18-/m0/s1. The van der Waals surface area contributed by atoms with Crippen LogP contribution < -0.4 is 10.5 Å². The fraction of sp³-hybridized carbons (Fsp3) is 0.316. The van der Waals surface area contributed by atoms with Crippen molar-refractivity contribution >= 4 is 6.03 Å². The van der Waals surface area contributed by atoms with E-state index < -0.39 is 6.03 Å². The lowest BCUT2D eigenvalue weighted by molar-refractivity contribution is -0.0788. The van der Waals surface area contributed by atoms with Crippen LogP contribution in [0.25, 0.3) is 0 Å². The molecule has 1 aliphatic rings. The second-order valence-electron chi connectivity index (χ2n) is 6.23. The van der Waals surface area contributed by atoms with Crippen LogP contribution in [0.1, 0.15) is 30.1 Å². The van der Waals surface area contributed by atoms with E-state index in [4.69, 9.17) is 15.2 Å². The molecule has 2 atom stereocenters. The molecule has 1 heterocycles. The molecule has 0 radical (unpaired) electrons. The number of primary amides is 1. The maximum atomic E-state index is 10.9. The van der Waals surface area contributed by atoms with E-state index >= 15 is 0 Å². The Labute approximate surface area is 146 Å². The van der Waals surface area contributed by atoms with Gasteiger partial charge < -0.3 is 15.2 Å². The predicted octanol–water partition coefficient (Wildman–Crippen LogP) is 3.78. The van der Waals surface area contributed by atoms with E-state index in [0.717, 1.165) is 29.9 Å². The molecule has 0 aliphatic carbocycles. The maximum Gasteiger partial charge on any atom is 0.338 e. The van der Waals surface area contributed by atoms with Crippen molar-refractivity contribution in [3.8, 4) is 11.5 Å². The molecule has 132 valence electrons. The molecule has 2 aromatic rings. The fourth-order valence-electron chi connectivity index (χ4n) is 2.89. The van der Waals surface area contributed by atoms with Crippen LogP contribution in [0.15, 0.2) is 48.5 Å². The summed E-state index contributed by atoms with van der Waals surface area (Å²) < 4.78 is 11.8. The summed E-state index contributed by atoms with van der Waals surface area (Å²) >= 11 is 0. The molecule has 1 aliphatic heterocycles. The molecule has 0 aromatic heterocycles. The molecule has 0 bridgehead atoms. The lowest BCUT2D eigenvalue weighted by Crippen LogP contribution is -2.38. The molecule has 3 rings (SSSR count). The van der Waals surface area contributed by atoms with Crippen molar-refractivity contribution in [2.24, 2.45) is 5.73 Å². The van der Waals surface area contributed by atoms with Crippen molar-refractivity contribution in [2.45, 2.75) is 32.0 Å². The number of hydrogen-bond donors (Lipinski definition) is 2. The lowest BCUT2D eigenvalue weighted by Gasteiger charge is -2.18. The minimum absolute atomic E-state index is 0.0748. The van der Waals surface area contributed by atoms with E-state index in [2.05, 4.69) is 0 Å². The summed E-state index contributed by atoms with van der Waals surface area (Å²) in [7, 11) is 0. The van der Waals surface area contributed by atoms with E-state index in [9.17, 15) is 10.0 Å². The number of amides is 2. The van der Waals surface area contributed by atoms with Crippen molar-refractivity contribution in [3.05, 3.63) is 59.7 Å². The van der Waals surface area contributed by atoms with Crippen molar-refractivity contribution in [2.75, 3.05) is 6.54 Å². The van der Waals surface area contributed by atoms with Gasteiger partial charge in [-0.25, -0.2) is 9.86 Å². The molecule has 6 nitrogen and oxygen atoms in total. The number of rotatable bonds is 5. The number of nitrogens with zero attached hydrogens (tertiary/aromatic N) is 1. The Bertz CT molecular complexity index is 732. The maximum absolute atomic E-state index is 10.9. The second kappa shape index (κ2) is 7.55. The lowest BCUT2D eigenvalue weighted by atomic mass is 10.1. The van der Waals surface area contributed by atoms with Gasteiger partial charge in [0.15, 0.2) is 0 Å². The van der Waals surface area contributed by atoms with Crippen molar-refractivity contribution in [1.29, 1.82) is 0 Å². The molecule has 0 unspecified atom stereocenters. The Kier molecular flexibility index (Phi) is 5.21. The Hall–Kier alpha value is -2.57. The topological polar surface area (TPSA) is 85.0 Å². The molecule has 0 saturated carbocycles. The third kappa shape index (κ3) is 4.49. The molecule has 25 heavy (non-hydrogen) atoms. The normalized spacial score (nSPS) is 19.6. The molecular weight excluding hydrogens is 320 g/mol. The van der Waals surface area contributed by atoms with Gasteiger partial charge in [0.25, 0.3) is 0 Å². The van der Waals surface area contributed by atoms with E-state index in [-0.39, 0.29) is 18.8 Å². The molecular formula is C19H22N2O4. The van der Waals surface area contributed by atoms with Crippen LogP contribution in [-0.2, 0) is 4.74 Å². The van der Waals surface area contributed by atoms with Gasteiger partial charge in [-0.05, 0) is 49.6 Å². The Balaban J connectivity index is 1.64. The van der Waals surface area contributed by atoms with Crippen molar-refractivity contribution in [1.82, 2.24) is 5.06 Å². The Morgan fingerprint density at radius 3 is 2.72 bits per heavy atom. The van der Waals surface area contributed by atoms with Crippen LogP contribution in [0.2, 0.25) is 0 Å². The Morgan fingerprint density at radius 2 is 2.00 bits per heavy atom. The van der Waals surface area contributed by atoms with Gasteiger partial charge in [0.2, 0.25) is 0 Å². The summed E-state index contributed by atoms with van der Waals surface area (Å²) in [6, 6.07) is 14.8. The van der Waals surface area contributed by atoms with Crippen LogP contribution in [-0.4, -0.2) is 29.0 Å². The first kappa shape index (κ1) is 17.3. The summed E-state index contributed by atoms with van der Waals surface area (Å²) in [5.41, 5.74) is 7.22. The quantitative estimate of drug-likeness (QED) is 0.640. The molecule has 1 saturated heterocycles. The van der Waals surface area contributed by atoms with E-state index in [1.165, 1.54) is 5.56 Å². The smallest absolute Gasteiger partial charge is 0.338 e. The second-order valence-corrected chi connectivity index (χ2v) is 6.23. The number of hydroxylamine groups is 2. The minimum Gasteiger partial charge on any atom is -0.457 e. The number of urea groups is 1. The molecule has 6 heteroatoms. The van der Waals surface area contributed by atoms with Gasteiger partial charge in [0, 0.05) is 0 Å². The SMILES string of the molecule is Cc1ccc(Oc2cccc([C@@H]3CC[C@@H](CN(O)C(N)=O)O3)c2)cc1. The number of carbonyl (C=O) groups is 1. The first-order chi connectivity index (χ1) is 12.0. The van der Waals surface area contributed by atoms with Gasteiger partial charge in [0.1, 0.15) is 11.5 Å². The molecule has 1 fully saturated rings. The highest BCUT2D eigenvalue weighted by Crippen LogP contribution is 2.35. The van der Waals surface area contributed by atoms with Gasteiger partial charge in [-0.3, -0.25) is 5.21 Å². The van der Waals surface area contributed by atoms with Gasteiger partial charge in [0.05, 0.1) is 18.8 Å². The van der Waals surface area contributed by atoms with Gasteiger partial charge in [-0.1, -0.05) is 29.8 Å². The Morgan fingerprint density at radius 1 is 1.24 bits per heavy atom. The largest absolute Gasteiger partial charge is 0.457 e. The zero-order chi connectivity index (χ0) is 17.8. The summed E-state index contributed by atoms with van der Waals surface area (Å²) in [5.74, 6) is 1.53. The molecule has 2 aromatic carbocycles. The third-order valence-corrected chi connectivity index (χ3v) is 4.23. The summed E-state index contributed by atoms with van der Waals surface area (Å²) in [5, 5.41) is 9.92. The highest BCUT2D eigenvalue weighted by Gasteiger charge is 2.28. The van der Waals surface area contributed by atoms with E-state index in [1.807, 2.05) is 55.5 Å². The highest BCUT2D eigenvalue weighted by molar-refractivity contribution is 5.70. The third-order valence-electron chi connectivity index (χ3n) is 4.23. The number of hydrogen-bond acceptors (Lipinski definition) is 4. The first-order valence-electron chi connectivity index (χ1n) is 8.27. The zero-order valence-corrected chi connectivity index (χ0v) is 14.1. The van der Waals surface area contributed by atoms with Crippen molar-refractivity contribution in [3.63, 3.8) is 0 Å². The minimum atomic E-state index is -0.874. The number of ether oxygens (including phenoxy) is 2. The number of nitrogens with two attached hydrogens (primary N) is 1. The van der Waals surface area contributed by atoms with Crippen LogP contribution in [0, 0.1) is 6.92 Å². The predicted molar refractivity (Wildman–Crippen MR) is 92.6 cm³/mol. The zero-order valence-electron chi connectivity index (χ0n) is 14.1. The summed E-state index contributed by atoms with van der Waals surface area (Å²) in [4.78, 5) is 10.9. The van der Waals surface area contributed by atoms with Crippen molar-refractivity contribution < 1.29 is 19.5 Å². The highest BCUT2D eigenvalue weighted by atomic mass is 16.5. The summed E-state index contributed by atoms with van der Waals surface area (Å²) in [6.45, 7) is 2.11.